The van der Waals surface area contributed by atoms with Crippen molar-refractivity contribution in [1.29, 1.82) is 0 Å². The lowest BCUT2D eigenvalue weighted by atomic mass is 10.1. The second-order valence-corrected chi connectivity index (χ2v) is 4.69. The molecule has 0 spiro atoms. The van der Waals surface area contributed by atoms with Crippen molar-refractivity contribution in [2.45, 2.75) is 13.8 Å². The number of nitrogens with zero attached hydrogens (tertiary/aromatic N) is 1. The molecule has 5 heteroatoms. The summed E-state index contributed by atoms with van der Waals surface area (Å²) in [5, 5.41) is 12.4. The molecule has 1 heterocycles. The number of pyridine rings is 1. The number of aromatic hydroxyl groups is 1. The largest absolute Gasteiger partial charge is 0.508 e. The number of carbonyl (C=O) groups excluding carboxylic acids is 1. The summed E-state index contributed by atoms with van der Waals surface area (Å²) in [7, 11) is 0. The monoisotopic (exact) mass is 298 g/mol. The first-order chi connectivity index (χ1) is 10.6. The van der Waals surface area contributed by atoms with Gasteiger partial charge in [-0.3, -0.25) is 4.98 Å². The van der Waals surface area contributed by atoms with Crippen LogP contribution in [0.1, 0.15) is 18.1 Å². The van der Waals surface area contributed by atoms with E-state index in [1.807, 2.05) is 13.0 Å². The van der Waals surface area contributed by atoms with Crippen LogP contribution in [0.5, 0.6) is 5.75 Å². The van der Waals surface area contributed by atoms with Gasteiger partial charge in [0.2, 0.25) is 0 Å². The number of hydrogen-bond acceptors (Lipinski definition) is 5. The van der Waals surface area contributed by atoms with E-state index < -0.39 is 5.97 Å². The quantitative estimate of drug-likeness (QED) is 0.655. The van der Waals surface area contributed by atoms with Crippen LogP contribution >= 0.6 is 0 Å². The highest BCUT2D eigenvalue weighted by Gasteiger charge is 2.12. The smallest absolute Gasteiger partial charge is 0.354 e. The number of carbonyl (C=O) groups is 1. The number of ether oxygens (including phenoxy) is 1. The van der Waals surface area contributed by atoms with E-state index in [1.165, 1.54) is 0 Å². The highest BCUT2D eigenvalue weighted by molar-refractivity contribution is 5.97. The SMILES string of the molecule is CCOC(=O)/C(=C\c1ccc(O)cc1)Nc1cnccc1C. The number of anilines is 1. The molecule has 0 unspecified atom stereocenters. The van der Waals surface area contributed by atoms with E-state index in [0.717, 1.165) is 16.8 Å². The molecule has 5 nitrogen and oxygen atoms in total. The summed E-state index contributed by atoms with van der Waals surface area (Å²) in [5.74, 6) is -0.273. The Morgan fingerprint density at radius 1 is 1.32 bits per heavy atom. The molecule has 1 aromatic heterocycles. The number of benzene rings is 1. The first kappa shape index (κ1) is 15.6. The van der Waals surface area contributed by atoms with Gasteiger partial charge in [0.25, 0.3) is 0 Å². The minimum absolute atomic E-state index is 0.172. The average molecular weight is 298 g/mol. The second kappa shape index (κ2) is 7.26. The topological polar surface area (TPSA) is 71.5 Å². The van der Waals surface area contributed by atoms with E-state index in [1.54, 1.807) is 49.7 Å². The van der Waals surface area contributed by atoms with Crippen LogP contribution in [0.25, 0.3) is 6.08 Å². The third kappa shape index (κ3) is 4.09. The van der Waals surface area contributed by atoms with Crippen molar-refractivity contribution in [2.24, 2.45) is 0 Å². The zero-order valence-corrected chi connectivity index (χ0v) is 12.5. The molecule has 1 aromatic carbocycles. The van der Waals surface area contributed by atoms with Crippen LogP contribution in [0, 0.1) is 6.92 Å². The summed E-state index contributed by atoms with van der Waals surface area (Å²) in [4.78, 5) is 16.2. The Morgan fingerprint density at radius 3 is 2.68 bits per heavy atom. The molecule has 0 saturated heterocycles. The zero-order chi connectivity index (χ0) is 15.9. The van der Waals surface area contributed by atoms with Crippen molar-refractivity contribution in [3.05, 3.63) is 59.5 Å². The Morgan fingerprint density at radius 2 is 2.05 bits per heavy atom. The van der Waals surface area contributed by atoms with Gasteiger partial charge in [-0.05, 0) is 49.2 Å². The Labute approximate surface area is 129 Å². The summed E-state index contributed by atoms with van der Waals surface area (Å²) in [6, 6.07) is 8.40. The normalized spacial score (nSPS) is 11.1. The van der Waals surface area contributed by atoms with Gasteiger partial charge in [0.1, 0.15) is 11.4 Å². The predicted octanol–water partition coefficient (Wildman–Crippen LogP) is 3.11. The average Bonchev–Trinajstić information content (AvgIpc) is 2.51. The molecular formula is C17H18N2O3. The minimum atomic E-state index is -0.446. The molecule has 0 radical (unpaired) electrons. The molecular weight excluding hydrogens is 280 g/mol. The molecule has 0 fully saturated rings. The third-order valence-corrected chi connectivity index (χ3v) is 3.01. The molecule has 0 saturated carbocycles. The number of phenolic OH excluding ortho intramolecular Hbond substituents is 1. The Hall–Kier alpha value is -2.82. The number of aromatic nitrogens is 1. The minimum Gasteiger partial charge on any atom is -0.508 e. The summed E-state index contributed by atoms with van der Waals surface area (Å²) in [6.45, 7) is 3.97. The van der Waals surface area contributed by atoms with Gasteiger partial charge in [-0.15, -0.1) is 0 Å². The van der Waals surface area contributed by atoms with Crippen molar-refractivity contribution >= 4 is 17.7 Å². The number of phenols is 1. The van der Waals surface area contributed by atoms with Crippen LogP contribution in [0.15, 0.2) is 48.4 Å². The second-order valence-electron chi connectivity index (χ2n) is 4.69. The molecule has 2 aromatic rings. The maximum atomic E-state index is 12.1. The van der Waals surface area contributed by atoms with Crippen LogP contribution < -0.4 is 5.32 Å². The summed E-state index contributed by atoms with van der Waals surface area (Å²) < 4.78 is 5.07. The standard InChI is InChI=1S/C17H18N2O3/c1-3-22-17(21)15(10-13-4-6-14(20)7-5-13)19-16-11-18-9-8-12(16)2/h4-11,19-20H,3H2,1-2H3/b15-10+. The van der Waals surface area contributed by atoms with Crippen molar-refractivity contribution < 1.29 is 14.6 Å². The summed E-state index contributed by atoms with van der Waals surface area (Å²) in [6.07, 6.45) is 5.01. The van der Waals surface area contributed by atoms with Gasteiger partial charge < -0.3 is 15.2 Å². The number of nitrogens with one attached hydrogen (secondary N) is 1. The fraction of sp³-hybridized carbons (Fsp3) is 0.176. The van der Waals surface area contributed by atoms with E-state index in [0.29, 0.717) is 12.3 Å². The maximum absolute atomic E-state index is 12.1. The van der Waals surface area contributed by atoms with Crippen LogP contribution in [0.2, 0.25) is 0 Å². The van der Waals surface area contributed by atoms with E-state index >= 15 is 0 Å². The van der Waals surface area contributed by atoms with Crippen LogP contribution in [0.3, 0.4) is 0 Å². The first-order valence-electron chi connectivity index (χ1n) is 6.95. The fourth-order valence-corrected chi connectivity index (χ4v) is 1.83. The molecule has 0 amide bonds. The first-order valence-corrected chi connectivity index (χ1v) is 6.95. The molecule has 114 valence electrons. The molecule has 2 rings (SSSR count). The molecule has 2 N–H and O–H groups in total. The van der Waals surface area contributed by atoms with Crippen molar-refractivity contribution in [2.75, 3.05) is 11.9 Å². The molecule has 0 aliphatic carbocycles. The maximum Gasteiger partial charge on any atom is 0.354 e. The van der Waals surface area contributed by atoms with Crippen LogP contribution in [0.4, 0.5) is 5.69 Å². The molecule has 0 aliphatic heterocycles. The lowest BCUT2D eigenvalue weighted by Crippen LogP contribution is -2.15. The number of rotatable bonds is 5. The number of esters is 1. The van der Waals surface area contributed by atoms with Crippen molar-refractivity contribution in [1.82, 2.24) is 4.98 Å². The summed E-state index contributed by atoms with van der Waals surface area (Å²) >= 11 is 0. The van der Waals surface area contributed by atoms with Crippen LogP contribution in [-0.2, 0) is 9.53 Å². The third-order valence-electron chi connectivity index (χ3n) is 3.01. The van der Waals surface area contributed by atoms with E-state index in [2.05, 4.69) is 10.3 Å². The molecule has 22 heavy (non-hydrogen) atoms. The lowest BCUT2D eigenvalue weighted by molar-refractivity contribution is -0.138. The van der Waals surface area contributed by atoms with Gasteiger partial charge in [0.15, 0.2) is 0 Å². The Kier molecular flexibility index (Phi) is 5.14. The van der Waals surface area contributed by atoms with Gasteiger partial charge in [0.05, 0.1) is 18.5 Å². The number of aryl methyl sites for hydroxylation is 1. The van der Waals surface area contributed by atoms with Crippen LogP contribution in [-0.4, -0.2) is 22.7 Å². The number of hydrogen-bond donors (Lipinski definition) is 2. The van der Waals surface area contributed by atoms with Gasteiger partial charge >= 0.3 is 5.97 Å². The van der Waals surface area contributed by atoms with E-state index in [9.17, 15) is 9.90 Å². The molecule has 0 bridgehead atoms. The molecule has 0 atom stereocenters. The Bertz CT molecular complexity index is 679. The highest BCUT2D eigenvalue weighted by Crippen LogP contribution is 2.18. The van der Waals surface area contributed by atoms with E-state index in [-0.39, 0.29) is 5.75 Å². The van der Waals surface area contributed by atoms with E-state index in [4.69, 9.17) is 4.74 Å². The molecule has 0 aliphatic rings. The van der Waals surface area contributed by atoms with Gasteiger partial charge in [-0.2, -0.15) is 0 Å². The zero-order valence-electron chi connectivity index (χ0n) is 12.5. The predicted molar refractivity (Wildman–Crippen MR) is 85.3 cm³/mol. The van der Waals surface area contributed by atoms with Gasteiger partial charge in [0, 0.05) is 6.20 Å². The highest BCUT2D eigenvalue weighted by atomic mass is 16.5. The summed E-state index contributed by atoms with van der Waals surface area (Å²) in [5.41, 5.74) is 2.79. The van der Waals surface area contributed by atoms with Crippen molar-refractivity contribution in [3.63, 3.8) is 0 Å². The van der Waals surface area contributed by atoms with Gasteiger partial charge in [-0.1, -0.05) is 12.1 Å². The Balaban J connectivity index is 2.32. The fourth-order valence-electron chi connectivity index (χ4n) is 1.83. The lowest BCUT2D eigenvalue weighted by Gasteiger charge is -2.12. The van der Waals surface area contributed by atoms with Crippen molar-refractivity contribution in [3.8, 4) is 5.75 Å². The van der Waals surface area contributed by atoms with Gasteiger partial charge in [-0.25, -0.2) is 4.79 Å².